The summed E-state index contributed by atoms with van der Waals surface area (Å²) in [6.45, 7) is -0.496. The first kappa shape index (κ1) is 26.9. The molecule has 13 nitrogen and oxygen atoms in total. The van der Waals surface area contributed by atoms with Crippen LogP contribution in [0.25, 0.3) is 0 Å². The fraction of sp³-hybridized carbons (Fsp3) is 0.160. The number of aliphatic imine (C=N–C) groups is 1. The molecule has 0 fully saturated rings. The number of carbonyl (C=O) groups is 2. The van der Waals surface area contributed by atoms with Crippen LogP contribution in [-0.2, 0) is 36.8 Å². The Bertz CT molecular complexity index is 1810. The quantitative estimate of drug-likeness (QED) is 0.241. The molecule has 0 atom stereocenters. The Balaban J connectivity index is 1.33. The molecule has 0 aliphatic carbocycles. The number of H-pyrrole nitrogens is 2. The van der Waals surface area contributed by atoms with Gasteiger partial charge >= 0.3 is 23.3 Å². The molecule has 2 N–H and O–H groups in total. The molecule has 0 radical (unpaired) electrons. The van der Waals surface area contributed by atoms with Crippen LogP contribution < -0.4 is 22.5 Å². The molecular formula is C25H21N5O8S. The first-order valence-corrected chi connectivity index (χ1v) is 12.1. The number of aromatic nitrogens is 4. The van der Waals surface area contributed by atoms with Crippen LogP contribution in [0.2, 0.25) is 0 Å². The number of hydrogen-bond donors (Lipinski definition) is 2. The number of nitrogens with zero attached hydrogens (tertiary/aromatic N) is 3. The molecule has 0 spiro atoms. The van der Waals surface area contributed by atoms with Gasteiger partial charge in [0.15, 0.2) is 0 Å². The lowest BCUT2D eigenvalue weighted by Gasteiger charge is -2.08. The van der Waals surface area contributed by atoms with E-state index in [2.05, 4.69) is 15.0 Å². The Hall–Kier alpha value is -5.11. The number of carbonyl (C=O) groups excluding carboxylic acids is 2. The third-order valence-electron chi connectivity index (χ3n) is 5.51. The van der Waals surface area contributed by atoms with Crippen LogP contribution in [0.1, 0.15) is 37.0 Å². The van der Waals surface area contributed by atoms with Gasteiger partial charge in [-0.05, 0) is 29.8 Å². The summed E-state index contributed by atoms with van der Waals surface area (Å²) in [6, 6.07) is 11.9. The van der Waals surface area contributed by atoms with E-state index in [0.717, 1.165) is 11.3 Å². The maximum atomic E-state index is 12.4. The fourth-order valence-electron chi connectivity index (χ4n) is 3.27. The van der Waals surface area contributed by atoms with Gasteiger partial charge in [-0.15, -0.1) is 11.3 Å². The molecule has 4 rings (SSSR count). The van der Waals surface area contributed by atoms with Crippen LogP contribution in [-0.4, -0.2) is 37.3 Å². The summed E-state index contributed by atoms with van der Waals surface area (Å²) in [7, 11) is 2.90. The summed E-state index contributed by atoms with van der Waals surface area (Å²) >= 11 is 1.09. The average Bonchev–Trinajstić information content (AvgIpc) is 3.39. The molecule has 0 unspecified atom stereocenters. The van der Waals surface area contributed by atoms with Crippen LogP contribution in [0.15, 0.2) is 72.7 Å². The summed E-state index contributed by atoms with van der Waals surface area (Å²) < 4.78 is 12.8. The summed E-state index contributed by atoms with van der Waals surface area (Å²) in [6.07, 6.45) is 1.55. The topological polar surface area (TPSA) is 175 Å². The van der Waals surface area contributed by atoms with Gasteiger partial charge in [-0.25, -0.2) is 24.2 Å². The number of thiophene rings is 1. The Kier molecular flexibility index (Phi) is 7.96. The zero-order chi connectivity index (χ0) is 28.1. The highest BCUT2D eigenvalue weighted by Crippen LogP contribution is 2.25. The van der Waals surface area contributed by atoms with Crippen molar-refractivity contribution in [1.29, 1.82) is 0 Å². The first-order chi connectivity index (χ1) is 18.6. The van der Waals surface area contributed by atoms with Crippen molar-refractivity contribution in [3.05, 3.63) is 118 Å². The largest absolute Gasteiger partial charge is 0.456 e. The van der Waals surface area contributed by atoms with Crippen LogP contribution in [0.3, 0.4) is 0 Å². The lowest BCUT2D eigenvalue weighted by atomic mass is 10.1. The molecular weight excluding hydrogens is 530 g/mol. The third kappa shape index (κ3) is 6.61. The van der Waals surface area contributed by atoms with Crippen molar-refractivity contribution in [2.45, 2.75) is 13.2 Å². The van der Waals surface area contributed by atoms with Gasteiger partial charge in [0.05, 0.1) is 17.0 Å². The van der Waals surface area contributed by atoms with Gasteiger partial charge in [0.1, 0.15) is 23.1 Å². The predicted octanol–water partition coefficient (Wildman–Crippen LogP) is 0.987. The normalized spacial score (nSPS) is 11.0. The van der Waals surface area contributed by atoms with Crippen LogP contribution in [0.4, 0.5) is 5.00 Å². The number of benzene rings is 1. The van der Waals surface area contributed by atoms with Crippen molar-refractivity contribution in [2.75, 3.05) is 0 Å². The van der Waals surface area contributed by atoms with Crippen molar-refractivity contribution >= 4 is 34.5 Å². The van der Waals surface area contributed by atoms with E-state index in [1.807, 2.05) is 0 Å². The van der Waals surface area contributed by atoms with Gasteiger partial charge in [0.25, 0.3) is 11.1 Å². The molecule has 39 heavy (non-hydrogen) atoms. The first-order valence-electron chi connectivity index (χ1n) is 11.3. The number of hydrogen-bond acceptors (Lipinski definition) is 10. The molecule has 3 aromatic heterocycles. The summed E-state index contributed by atoms with van der Waals surface area (Å²) in [5.74, 6) is -1.26. The SMILES string of the molecule is Cn1c(COC(=O)c2ccc(C=Nc3ccc(C(=O)OCc4cc(=O)[nH]c(=O)n4C)s3)cc2)cc(=O)[nH]c1=O. The maximum Gasteiger partial charge on any atom is 0.348 e. The second-order valence-corrected chi connectivity index (χ2v) is 9.21. The number of rotatable bonds is 8. The molecule has 0 bridgehead atoms. The van der Waals surface area contributed by atoms with Crippen LogP contribution in [0.5, 0.6) is 0 Å². The standard InChI is InChI=1S/C25H21N5O8S/c1-29-16(9-19(31)27-24(29)35)12-37-22(33)15-5-3-14(4-6-15)11-26-21-8-7-18(39-21)23(34)38-13-17-10-20(32)28-25(36)30(17)2/h3-11H,12-13H2,1-2H3,(H,27,31,35)(H,28,32,36). The van der Waals surface area contributed by atoms with Crippen molar-refractivity contribution < 1.29 is 19.1 Å². The highest BCUT2D eigenvalue weighted by atomic mass is 32.1. The average molecular weight is 552 g/mol. The lowest BCUT2D eigenvalue weighted by Crippen LogP contribution is -2.30. The molecule has 3 heterocycles. The van der Waals surface area contributed by atoms with Gasteiger partial charge in [-0.3, -0.25) is 28.7 Å². The molecule has 0 amide bonds. The molecule has 4 aromatic rings. The number of esters is 2. The second-order valence-electron chi connectivity index (χ2n) is 8.15. The zero-order valence-corrected chi connectivity index (χ0v) is 21.4. The summed E-state index contributed by atoms with van der Waals surface area (Å²) in [5.41, 5.74) is -0.937. The van der Waals surface area contributed by atoms with E-state index in [1.165, 1.54) is 35.4 Å². The summed E-state index contributed by atoms with van der Waals surface area (Å²) in [5, 5.41) is 0.525. The predicted molar refractivity (Wildman–Crippen MR) is 141 cm³/mol. The van der Waals surface area contributed by atoms with Crippen molar-refractivity contribution in [3.63, 3.8) is 0 Å². The molecule has 0 saturated heterocycles. The lowest BCUT2D eigenvalue weighted by molar-refractivity contribution is 0.0456. The smallest absolute Gasteiger partial charge is 0.348 e. The van der Waals surface area contributed by atoms with Crippen molar-refractivity contribution in [2.24, 2.45) is 19.1 Å². The highest BCUT2D eigenvalue weighted by molar-refractivity contribution is 7.17. The minimum atomic E-state index is -0.632. The highest BCUT2D eigenvalue weighted by Gasteiger charge is 2.13. The van der Waals surface area contributed by atoms with E-state index in [1.54, 1.807) is 42.6 Å². The molecule has 0 aliphatic rings. The van der Waals surface area contributed by atoms with Gasteiger partial charge in [0.2, 0.25) is 0 Å². The Morgan fingerprint density at radius 2 is 1.36 bits per heavy atom. The van der Waals surface area contributed by atoms with Crippen LogP contribution in [0, 0.1) is 0 Å². The number of aromatic amines is 2. The minimum Gasteiger partial charge on any atom is -0.456 e. The van der Waals surface area contributed by atoms with Crippen molar-refractivity contribution in [1.82, 2.24) is 19.1 Å². The van der Waals surface area contributed by atoms with Crippen LogP contribution >= 0.6 is 11.3 Å². The fourth-order valence-corrected chi connectivity index (χ4v) is 4.01. The van der Waals surface area contributed by atoms with E-state index < -0.39 is 34.4 Å². The Labute approximate surface area is 222 Å². The van der Waals surface area contributed by atoms with E-state index in [0.29, 0.717) is 10.6 Å². The molecule has 0 aliphatic heterocycles. The molecule has 1 aromatic carbocycles. The van der Waals surface area contributed by atoms with E-state index in [-0.39, 0.29) is 35.0 Å². The van der Waals surface area contributed by atoms with E-state index >= 15 is 0 Å². The van der Waals surface area contributed by atoms with Crippen molar-refractivity contribution in [3.8, 4) is 0 Å². The van der Waals surface area contributed by atoms with Gasteiger partial charge in [-0.1, -0.05) is 12.1 Å². The number of ether oxygens (including phenoxy) is 2. The second kappa shape index (κ2) is 11.5. The van der Waals surface area contributed by atoms with E-state index in [4.69, 9.17) is 9.47 Å². The maximum absolute atomic E-state index is 12.4. The molecule has 0 saturated carbocycles. The Morgan fingerprint density at radius 3 is 1.92 bits per heavy atom. The molecule has 14 heteroatoms. The molecule has 200 valence electrons. The van der Waals surface area contributed by atoms with E-state index in [9.17, 15) is 28.8 Å². The van der Waals surface area contributed by atoms with Gasteiger partial charge in [-0.2, -0.15) is 0 Å². The third-order valence-corrected chi connectivity index (χ3v) is 6.48. The summed E-state index contributed by atoms with van der Waals surface area (Å²) in [4.78, 5) is 79.8. The Morgan fingerprint density at radius 1 is 0.821 bits per heavy atom. The van der Waals surface area contributed by atoms with Gasteiger partial charge < -0.3 is 9.47 Å². The minimum absolute atomic E-state index is 0.247. The monoisotopic (exact) mass is 551 g/mol. The van der Waals surface area contributed by atoms with Gasteiger partial charge in [0, 0.05) is 32.4 Å². The number of nitrogens with one attached hydrogen (secondary N) is 2. The zero-order valence-electron chi connectivity index (χ0n) is 20.6.